The second-order valence-corrected chi connectivity index (χ2v) is 13.4. The van der Waals surface area contributed by atoms with Crippen LogP contribution in [0.1, 0.15) is 71.3 Å². The molecule has 2 aromatic rings. The minimum Gasteiger partial charge on any atom is -0.367 e. The van der Waals surface area contributed by atoms with Gasteiger partial charge in [-0.25, -0.2) is 4.99 Å². The number of amidine groups is 1. The van der Waals surface area contributed by atoms with Crippen LogP contribution in [-0.2, 0) is 11.2 Å². The molecule has 6 nitrogen and oxygen atoms in total. The van der Waals surface area contributed by atoms with Gasteiger partial charge in [0, 0.05) is 54.9 Å². The first-order chi connectivity index (χ1) is 20.0. The summed E-state index contributed by atoms with van der Waals surface area (Å²) in [4.78, 5) is 13.3. The van der Waals surface area contributed by atoms with Gasteiger partial charge in [-0.05, 0) is 106 Å². The molecular weight excluding hydrogens is 506 g/mol. The Morgan fingerprint density at radius 2 is 1.78 bits per heavy atom. The third-order valence-corrected chi connectivity index (χ3v) is 10.8. The molecule has 2 aromatic carbocycles. The van der Waals surface area contributed by atoms with Gasteiger partial charge >= 0.3 is 0 Å². The number of anilines is 1. The van der Waals surface area contributed by atoms with Crippen molar-refractivity contribution in [3.63, 3.8) is 0 Å². The largest absolute Gasteiger partial charge is 0.367 e. The second kappa shape index (κ2) is 11.3. The van der Waals surface area contributed by atoms with Crippen LogP contribution >= 0.6 is 0 Å². The third kappa shape index (κ3) is 5.21. The van der Waals surface area contributed by atoms with E-state index in [9.17, 15) is 0 Å². The Labute approximate surface area is 246 Å². The Balaban J connectivity index is 1.16. The lowest BCUT2D eigenvalue weighted by Crippen LogP contribution is -2.54. The maximum absolute atomic E-state index is 6.61. The highest BCUT2D eigenvalue weighted by molar-refractivity contribution is 6.01. The minimum atomic E-state index is -0.126. The van der Waals surface area contributed by atoms with E-state index in [0.29, 0.717) is 12.1 Å². The summed E-state index contributed by atoms with van der Waals surface area (Å²) in [6, 6.07) is 14.7. The monoisotopic (exact) mass is 555 g/mol. The second-order valence-electron chi connectivity index (χ2n) is 13.4. The molecule has 0 amide bonds. The number of fused-ring (bicyclic) bond motifs is 4. The van der Waals surface area contributed by atoms with Crippen molar-refractivity contribution in [1.29, 1.82) is 0 Å². The summed E-state index contributed by atoms with van der Waals surface area (Å²) in [5.74, 6) is 1.22. The molecule has 6 heteroatoms. The molecule has 7 rings (SSSR count). The van der Waals surface area contributed by atoms with Gasteiger partial charge < -0.3 is 19.9 Å². The first kappa shape index (κ1) is 27.4. The van der Waals surface area contributed by atoms with E-state index in [-0.39, 0.29) is 11.8 Å². The first-order valence-electron chi connectivity index (χ1n) is 16.4. The van der Waals surface area contributed by atoms with Gasteiger partial charge in [-0.1, -0.05) is 37.3 Å². The van der Waals surface area contributed by atoms with Crippen LogP contribution in [0, 0.1) is 0 Å². The van der Waals surface area contributed by atoms with Gasteiger partial charge in [0.25, 0.3) is 0 Å². The number of benzene rings is 2. The SMILES string of the molecule is CCc1cccc2cccc(N3CCC(/C(=N\C(C)OCC45CCCN4CCC5)N4CC5CCC(C4)N5)=C(C)C3)c12. The molecule has 220 valence electrons. The molecule has 4 saturated heterocycles. The summed E-state index contributed by atoms with van der Waals surface area (Å²) in [6.07, 6.45) is 9.72. The van der Waals surface area contributed by atoms with E-state index in [1.54, 1.807) is 0 Å². The van der Waals surface area contributed by atoms with E-state index in [1.807, 2.05) is 0 Å². The number of nitrogens with one attached hydrogen (secondary N) is 1. The van der Waals surface area contributed by atoms with Gasteiger partial charge in [0.15, 0.2) is 0 Å². The summed E-state index contributed by atoms with van der Waals surface area (Å²) in [5.41, 5.74) is 6.00. The summed E-state index contributed by atoms with van der Waals surface area (Å²) in [6.45, 7) is 14.2. The lowest BCUT2D eigenvalue weighted by molar-refractivity contribution is -0.00124. The summed E-state index contributed by atoms with van der Waals surface area (Å²) in [5, 5.41) is 6.60. The predicted octanol–water partition coefficient (Wildman–Crippen LogP) is 5.75. The van der Waals surface area contributed by atoms with E-state index < -0.39 is 0 Å². The Morgan fingerprint density at radius 3 is 2.49 bits per heavy atom. The number of likely N-dealkylation sites (tertiary alicyclic amines) is 1. The minimum absolute atomic E-state index is 0.126. The van der Waals surface area contributed by atoms with Crippen LogP contribution in [0.15, 0.2) is 52.5 Å². The topological polar surface area (TPSA) is 43.3 Å². The quantitative estimate of drug-likeness (QED) is 0.348. The molecule has 2 bridgehead atoms. The van der Waals surface area contributed by atoms with Crippen molar-refractivity contribution >= 4 is 22.3 Å². The number of rotatable bonds is 7. The highest BCUT2D eigenvalue weighted by atomic mass is 16.5. The standard InChI is InChI=1S/C35H49N5O/c1-4-27-9-5-10-28-11-6-12-32(33(27)28)38-20-15-31(25(2)21-38)34(39-22-29-13-14-30(23-39)37-29)36-26(3)41-24-35-16-7-18-40(35)19-8-17-35/h5-6,9-12,26,29-30,37H,4,7-8,13-24H2,1-3H3/b36-34+. The molecule has 5 aliphatic heterocycles. The molecule has 3 atom stereocenters. The van der Waals surface area contributed by atoms with Crippen molar-refractivity contribution in [2.24, 2.45) is 4.99 Å². The maximum atomic E-state index is 6.61. The van der Waals surface area contributed by atoms with Crippen LogP contribution in [0.3, 0.4) is 0 Å². The van der Waals surface area contributed by atoms with Crippen molar-refractivity contribution in [2.45, 2.75) is 96.0 Å². The van der Waals surface area contributed by atoms with Gasteiger partial charge in [0.1, 0.15) is 12.1 Å². The molecule has 5 aliphatic rings. The summed E-state index contributed by atoms with van der Waals surface area (Å²) in [7, 11) is 0. The van der Waals surface area contributed by atoms with Crippen molar-refractivity contribution < 1.29 is 4.74 Å². The van der Waals surface area contributed by atoms with E-state index in [2.05, 4.69) is 77.2 Å². The Morgan fingerprint density at radius 1 is 1.05 bits per heavy atom. The molecule has 1 N–H and O–H groups in total. The van der Waals surface area contributed by atoms with E-state index >= 15 is 0 Å². The van der Waals surface area contributed by atoms with Gasteiger partial charge in [-0.2, -0.15) is 0 Å². The van der Waals surface area contributed by atoms with Crippen molar-refractivity contribution in [3.05, 3.63) is 53.1 Å². The number of ether oxygens (including phenoxy) is 1. The third-order valence-electron chi connectivity index (χ3n) is 10.8. The van der Waals surface area contributed by atoms with Crippen molar-refractivity contribution in [3.8, 4) is 0 Å². The number of hydrogen-bond donors (Lipinski definition) is 1. The molecule has 0 saturated carbocycles. The van der Waals surface area contributed by atoms with E-state index in [0.717, 1.165) is 45.6 Å². The lowest BCUT2D eigenvalue weighted by atomic mass is 9.95. The van der Waals surface area contributed by atoms with Gasteiger partial charge in [0.2, 0.25) is 0 Å². The zero-order valence-corrected chi connectivity index (χ0v) is 25.5. The van der Waals surface area contributed by atoms with Gasteiger partial charge in [-0.3, -0.25) is 4.90 Å². The molecule has 0 radical (unpaired) electrons. The average Bonchev–Trinajstić information content (AvgIpc) is 3.68. The number of piperazine rings is 1. The Hall–Kier alpha value is -2.41. The molecule has 0 aliphatic carbocycles. The van der Waals surface area contributed by atoms with E-state index in [4.69, 9.17) is 9.73 Å². The zero-order chi connectivity index (χ0) is 28.0. The van der Waals surface area contributed by atoms with Crippen LogP contribution in [0.5, 0.6) is 0 Å². The smallest absolute Gasteiger partial charge is 0.147 e. The van der Waals surface area contributed by atoms with E-state index in [1.165, 1.54) is 90.6 Å². The fraction of sp³-hybridized carbons (Fsp3) is 0.629. The molecule has 5 heterocycles. The average molecular weight is 556 g/mol. The number of nitrogens with zero attached hydrogens (tertiary/aromatic N) is 4. The fourth-order valence-corrected chi connectivity index (χ4v) is 8.65. The molecule has 0 spiro atoms. The Bertz CT molecular complexity index is 1310. The molecule has 41 heavy (non-hydrogen) atoms. The van der Waals surface area contributed by atoms with Crippen molar-refractivity contribution in [1.82, 2.24) is 15.1 Å². The zero-order valence-electron chi connectivity index (χ0n) is 25.5. The molecular formula is C35H49N5O. The summed E-state index contributed by atoms with van der Waals surface area (Å²) >= 11 is 0. The van der Waals surface area contributed by atoms with Crippen molar-refractivity contribution in [2.75, 3.05) is 50.8 Å². The van der Waals surface area contributed by atoms with Crippen LogP contribution in [0.4, 0.5) is 5.69 Å². The maximum Gasteiger partial charge on any atom is 0.147 e. The fourth-order valence-electron chi connectivity index (χ4n) is 8.65. The predicted molar refractivity (Wildman–Crippen MR) is 170 cm³/mol. The number of aliphatic imine (C=N–C) groups is 1. The highest BCUT2D eigenvalue weighted by Crippen LogP contribution is 2.39. The lowest BCUT2D eigenvalue weighted by Gasteiger charge is -2.39. The van der Waals surface area contributed by atoms with Gasteiger partial charge in [0.05, 0.1) is 6.61 Å². The van der Waals surface area contributed by atoms with Crippen LogP contribution in [0.25, 0.3) is 10.8 Å². The van der Waals surface area contributed by atoms with Crippen LogP contribution < -0.4 is 10.2 Å². The van der Waals surface area contributed by atoms with Crippen LogP contribution in [0.2, 0.25) is 0 Å². The normalized spacial score (nSPS) is 27.2. The number of aryl methyl sites for hydroxylation is 1. The van der Waals surface area contributed by atoms with Crippen LogP contribution in [-0.4, -0.2) is 85.4 Å². The molecule has 4 fully saturated rings. The Kier molecular flexibility index (Phi) is 7.59. The summed E-state index contributed by atoms with van der Waals surface area (Å²) < 4.78 is 6.61. The molecule has 0 aromatic heterocycles. The number of hydrogen-bond acceptors (Lipinski definition) is 5. The molecule has 3 unspecified atom stereocenters. The van der Waals surface area contributed by atoms with Gasteiger partial charge in [-0.15, -0.1) is 0 Å². The first-order valence-corrected chi connectivity index (χ1v) is 16.4. The highest BCUT2D eigenvalue weighted by Gasteiger charge is 2.44.